The quantitative estimate of drug-likeness (QED) is 0.807. The van der Waals surface area contributed by atoms with Gasteiger partial charge in [-0.15, -0.1) is 6.42 Å². The van der Waals surface area contributed by atoms with Crippen LogP contribution in [-0.4, -0.2) is 36.4 Å². The third-order valence-electron chi connectivity index (χ3n) is 4.70. The third kappa shape index (κ3) is 4.99. The van der Waals surface area contributed by atoms with Crippen LogP contribution in [0.25, 0.3) is 0 Å². The average molecular weight is 342 g/mol. The Labute approximate surface area is 149 Å². The first kappa shape index (κ1) is 18.9. The van der Waals surface area contributed by atoms with Crippen molar-refractivity contribution < 1.29 is 14.3 Å². The summed E-state index contributed by atoms with van der Waals surface area (Å²) in [5, 5.41) is 0. The van der Waals surface area contributed by atoms with Crippen LogP contribution >= 0.6 is 0 Å². The fourth-order valence-electron chi connectivity index (χ4n) is 3.24. The van der Waals surface area contributed by atoms with Gasteiger partial charge in [-0.25, -0.2) is 0 Å². The number of ether oxygens (including phenoxy) is 1. The number of hydrogen-bond acceptors (Lipinski definition) is 3. The number of terminal acetylenes is 1. The zero-order chi connectivity index (χ0) is 18.4. The minimum absolute atomic E-state index is 0.00470. The molecule has 5 nitrogen and oxygen atoms in total. The fraction of sp³-hybridized carbons (Fsp3) is 0.500. The van der Waals surface area contributed by atoms with E-state index < -0.39 is 5.41 Å². The minimum Gasteiger partial charge on any atom is -0.481 e. The Bertz CT molecular complexity index is 659. The van der Waals surface area contributed by atoms with Gasteiger partial charge >= 0.3 is 0 Å². The molecule has 1 aromatic carbocycles. The number of amides is 2. The van der Waals surface area contributed by atoms with Gasteiger partial charge in [0, 0.05) is 24.1 Å². The summed E-state index contributed by atoms with van der Waals surface area (Å²) in [6.45, 7) is 5.33. The first-order valence-electron chi connectivity index (χ1n) is 8.59. The SMILES string of the molecule is C#CCOc1ccc(C(=O)N2CCC[C@@H](CC(C)(C)C(N)=O)C2)cc1. The summed E-state index contributed by atoms with van der Waals surface area (Å²) >= 11 is 0. The van der Waals surface area contributed by atoms with E-state index in [2.05, 4.69) is 5.92 Å². The maximum Gasteiger partial charge on any atom is 0.253 e. The number of likely N-dealkylation sites (tertiary alicyclic amines) is 1. The summed E-state index contributed by atoms with van der Waals surface area (Å²) in [5.41, 5.74) is 5.56. The van der Waals surface area contributed by atoms with Crippen LogP contribution in [-0.2, 0) is 4.79 Å². The molecule has 2 amide bonds. The number of rotatable bonds is 6. The van der Waals surface area contributed by atoms with Gasteiger partial charge in [-0.1, -0.05) is 19.8 Å². The van der Waals surface area contributed by atoms with Gasteiger partial charge in [-0.2, -0.15) is 0 Å². The van der Waals surface area contributed by atoms with E-state index in [1.807, 2.05) is 18.7 Å². The summed E-state index contributed by atoms with van der Waals surface area (Å²) in [7, 11) is 0. The van der Waals surface area contributed by atoms with Crippen molar-refractivity contribution in [1.82, 2.24) is 4.90 Å². The van der Waals surface area contributed by atoms with Crippen LogP contribution in [0.4, 0.5) is 0 Å². The third-order valence-corrected chi connectivity index (χ3v) is 4.70. The van der Waals surface area contributed by atoms with Crippen LogP contribution in [0.15, 0.2) is 24.3 Å². The Morgan fingerprint density at radius 3 is 2.64 bits per heavy atom. The highest BCUT2D eigenvalue weighted by Crippen LogP contribution is 2.31. The van der Waals surface area contributed by atoms with Gasteiger partial charge in [0.15, 0.2) is 0 Å². The van der Waals surface area contributed by atoms with Crippen LogP contribution in [0, 0.1) is 23.7 Å². The van der Waals surface area contributed by atoms with Crippen LogP contribution in [0.2, 0.25) is 0 Å². The molecule has 1 saturated heterocycles. The normalized spacial score (nSPS) is 17.6. The molecular formula is C20H26N2O3. The number of hydrogen-bond donors (Lipinski definition) is 1. The Morgan fingerprint density at radius 2 is 2.04 bits per heavy atom. The molecule has 1 atom stereocenters. The molecule has 134 valence electrons. The Kier molecular flexibility index (Phi) is 6.08. The van der Waals surface area contributed by atoms with Crippen molar-refractivity contribution in [3.8, 4) is 18.1 Å². The van der Waals surface area contributed by atoms with E-state index in [1.54, 1.807) is 24.3 Å². The summed E-state index contributed by atoms with van der Waals surface area (Å²) < 4.78 is 5.32. The van der Waals surface area contributed by atoms with Crippen LogP contribution in [0.3, 0.4) is 0 Å². The smallest absolute Gasteiger partial charge is 0.253 e. The van der Waals surface area contributed by atoms with Gasteiger partial charge in [0.1, 0.15) is 12.4 Å². The molecule has 25 heavy (non-hydrogen) atoms. The van der Waals surface area contributed by atoms with Crippen LogP contribution < -0.4 is 10.5 Å². The number of nitrogens with two attached hydrogens (primary N) is 1. The first-order chi connectivity index (χ1) is 11.8. The highest BCUT2D eigenvalue weighted by atomic mass is 16.5. The topological polar surface area (TPSA) is 72.6 Å². The van der Waals surface area contributed by atoms with E-state index in [0.717, 1.165) is 19.4 Å². The molecule has 0 bridgehead atoms. The summed E-state index contributed by atoms with van der Waals surface area (Å²) in [6, 6.07) is 7.01. The van der Waals surface area contributed by atoms with E-state index >= 15 is 0 Å². The van der Waals surface area contributed by atoms with E-state index in [4.69, 9.17) is 16.9 Å². The largest absolute Gasteiger partial charge is 0.481 e. The van der Waals surface area contributed by atoms with Gasteiger partial charge in [-0.3, -0.25) is 9.59 Å². The molecular weight excluding hydrogens is 316 g/mol. The first-order valence-corrected chi connectivity index (χ1v) is 8.59. The van der Waals surface area contributed by atoms with Crippen molar-refractivity contribution in [2.75, 3.05) is 19.7 Å². The number of benzene rings is 1. The molecule has 1 heterocycles. The summed E-state index contributed by atoms with van der Waals surface area (Å²) in [5.74, 6) is 3.06. The maximum absolute atomic E-state index is 12.7. The Morgan fingerprint density at radius 1 is 1.36 bits per heavy atom. The molecule has 0 aromatic heterocycles. The average Bonchev–Trinajstić information content (AvgIpc) is 2.59. The molecule has 1 aliphatic heterocycles. The second-order valence-electron chi connectivity index (χ2n) is 7.23. The second-order valence-corrected chi connectivity index (χ2v) is 7.23. The molecule has 2 N–H and O–H groups in total. The molecule has 0 radical (unpaired) electrons. The van der Waals surface area contributed by atoms with Crippen molar-refractivity contribution in [3.05, 3.63) is 29.8 Å². The second kappa shape index (κ2) is 8.06. The van der Waals surface area contributed by atoms with E-state index in [9.17, 15) is 9.59 Å². The van der Waals surface area contributed by atoms with Crippen molar-refractivity contribution >= 4 is 11.8 Å². The fourth-order valence-corrected chi connectivity index (χ4v) is 3.24. The maximum atomic E-state index is 12.7. The molecule has 1 fully saturated rings. The zero-order valence-electron chi connectivity index (χ0n) is 15.0. The van der Waals surface area contributed by atoms with Gasteiger partial charge in [-0.05, 0) is 49.4 Å². The van der Waals surface area contributed by atoms with Gasteiger partial charge in [0.25, 0.3) is 5.91 Å². The molecule has 0 unspecified atom stereocenters. The minimum atomic E-state index is -0.549. The molecule has 0 spiro atoms. The number of carbonyl (C=O) groups excluding carboxylic acids is 2. The van der Waals surface area contributed by atoms with Gasteiger partial charge in [0.2, 0.25) is 5.91 Å². The van der Waals surface area contributed by atoms with Gasteiger partial charge in [0.05, 0.1) is 0 Å². The Hall–Kier alpha value is -2.48. The lowest BCUT2D eigenvalue weighted by molar-refractivity contribution is -0.127. The number of primary amides is 1. The highest BCUT2D eigenvalue weighted by Gasteiger charge is 2.32. The van der Waals surface area contributed by atoms with Crippen molar-refractivity contribution in [3.63, 3.8) is 0 Å². The standard InChI is InChI=1S/C20H26N2O3/c1-4-12-25-17-9-7-16(8-10-17)18(23)22-11-5-6-15(14-22)13-20(2,3)19(21)24/h1,7-10,15H,5-6,11-14H2,2-3H3,(H2,21,24)/t15-/m0/s1. The monoisotopic (exact) mass is 342 g/mol. The number of piperidine rings is 1. The predicted octanol–water partition coefficient (Wildman–Crippen LogP) is 2.45. The van der Waals surface area contributed by atoms with Crippen LogP contribution in [0.1, 0.15) is 43.5 Å². The lowest BCUT2D eigenvalue weighted by Gasteiger charge is -2.36. The predicted molar refractivity (Wildman–Crippen MR) is 97.0 cm³/mol. The summed E-state index contributed by atoms with van der Waals surface area (Å²) in [4.78, 5) is 26.2. The lowest BCUT2D eigenvalue weighted by Crippen LogP contribution is -2.42. The van der Waals surface area contributed by atoms with Crippen LogP contribution in [0.5, 0.6) is 5.75 Å². The summed E-state index contributed by atoms with van der Waals surface area (Å²) in [6.07, 6.45) is 7.81. The van der Waals surface area contributed by atoms with Crippen molar-refractivity contribution in [2.45, 2.75) is 33.1 Å². The molecule has 0 aliphatic carbocycles. The number of nitrogens with zero attached hydrogens (tertiary/aromatic N) is 1. The molecule has 5 heteroatoms. The van der Waals surface area contributed by atoms with Crippen molar-refractivity contribution in [1.29, 1.82) is 0 Å². The van der Waals surface area contributed by atoms with E-state index in [0.29, 0.717) is 30.2 Å². The molecule has 0 saturated carbocycles. The van der Waals surface area contributed by atoms with Gasteiger partial charge < -0.3 is 15.4 Å². The molecule has 1 aliphatic rings. The Balaban J connectivity index is 1.99. The van der Waals surface area contributed by atoms with E-state index in [-0.39, 0.29) is 18.4 Å². The molecule has 1 aromatic rings. The van der Waals surface area contributed by atoms with E-state index in [1.165, 1.54) is 0 Å². The highest BCUT2D eigenvalue weighted by molar-refractivity contribution is 5.94. The lowest BCUT2D eigenvalue weighted by atomic mass is 9.79. The molecule has 2 rings (SSSR count). The zero-order valence-corrected chi connectivity index (χ0v) is 15.0. The number of carbonyl (C=O) groups is 2. The van der Waals surface area contributed by atoms with Crippen molar-refractivity contribution in [2.24, 2.45) is 17.1 Å².